The second kappa shape index (κ2) is 4.72. The molecule has 0 fully saturated rings. The molecule has 2 nitrogen and oxygen atoms in total. The lowest BCUT2D eigenvalue weighted by molar-refractivity contribution is 0.452. The minimum absolute atomic E-state index is 0.178. The summed E-state index contributed by atoms with van der Waals surface area (Å²) in [5.74, 6) is 0.199. The van der Waals surface area contributed by atoms with E-state index in [9.17, 15) is 5.11 Å². The Morgan fingerprint density at radius 3 is 2.47 bits per heavy atom. The molecule has 1 aromatic carbocycles. The van der Waals surface area contributed by atoms with Gasteiger partial charge in [0.15, 0.2) is 5.75 Å². The lowest BCUT2D eigenvalue weighted by Gasteiger charge is -2.20. The zero-order chi connectivity index (χ0) is 12.4. The van der Waals surface area contributed by atoms with Gasteiger partial charge in [-0.25, -0.2) is 0 Å². The zero-order valence-electron chi connectivity index (χ0n) is 9.92. The quantitative estimate of drug-likeness (QED) is 0.813. The molecule has 2 aromatic rings. The number of aromatic nitrogens is 1. The largest absolute Gasteiger partial charge is 0.505 e. The second-order valence-electron chi connectivity index (χ2n) is 4.11. The van der Waals surface area contributed by atoms with Gasteiger partial charge < -0.3 is 9.67 Å². The molecule has 0 amide bonds. The first-order valence-corrected chi connectivity index (χ1v) is 5.97. The Morgan fingerprint density at radius 2 is 1.82 bits per heavy atom. The summed E-state index contributed by atoms with van der Waals surface area (Å²) in [6.45, 7) is 3.98. The zero-order valence-corrected chi connectivity index (χ0v) is 10.7. The van der Waals surface area contributed by atoms with Crippen molar-refractivity contribution in [2.24, 2.45) is 0 Å². The van der Waals surface area contributed by atoms with Gasteiger partial charge in [-0.3, -0.25) is 0 Å². The Bertz CT molecular complexity index is 575. The normalized spacial score (nSPS) is 12.4. The highest BCUT2D eigenvalue weighted by Gasteiger charge is 2.10. The van der Waals surface area contributed by atoms with Crippen molar-refractivity contribution in [2.75, 3.05) is 0 Å². The number of nitrogens with zero attached hydrogens (tertiary/aromatic N) is 1. The van der Waals surface area contributed by atoms with Gasteiger partial charge in [0, 0.05) is 6.20 Å². The summed E-state index contributed by atoms with van der Waals surface area (Å²) in [6, 6.07) is 12.1. The minimum atomic E-state index is 0.178. The highest BCUT2D eigenvalue weighted by molar-refractivity contribution is 7.71. The van der Waals surface area contributed by atoms with Crippen LogP contribution in [0.4, 0.5) is 0 Å². The number of rotatable bonds is 2. The third-order valence-electron chi connectivity index (χ3n) is 3.05. The van der Waals surface area contributed by atoms with Gasteiger partial charge in [-0.05, 0) is 25.5 Å². The molecule has 0 aliphatic heterocycles. The third kappa shape index (κ3) is 2.24. The molecule has 1 unspecified atom stereocenters. The van der Waals surface area contributed by atoms with E-state index in [1.165, 1.54) is 5.56 Å². The van der Waals surface area contributed by atoms with Crippen molar-refractivity contribution >= 4 is 12.2 Å². The van der Waals surface area contributed by atoms with Crippen molar-refractivity contribution in [1.29, 1.82) is 0 Å². The lowest BCUT2D eigenvalue weighted by Crippen LogP contribution is -2.10. The first-order valence-electron chi connectivity index (χ1n) is 5.57. The molecule has 0 aliphatic carbocycles. The lowest BCUT2D eigenvalue weighted by atomic mass is 10.1. The first-order chi connectivity index (χ1) is 8.11. The van der Waals surface area contributed by atoms with Crippen molar-refractivity contribution in [1.82, 2.24) is 4.57 Å². The van der Waals surface area contributed by atoms with E-state index in [1.807, 2.05) is 35.9 Å². The van der Waals surface area contributed by atoms with Gasteiger partial charge in [-0.15, -0.1) is 0 Å². The second-order valence-corrected chi connectivity index (χ2v) is 4.55. The summed E-state index contributed by atoms with van der Waals surface area (Å²) in [4.78, 5) is 0. The average molecular weight is 245 g/mol. The molecule has 17 heavy (non-hydrogen) atoms. The maximum atomic E-state index is 9.86. The SMILES string of the molecule is Cc1c(O)c(=S)ccn1C(C)c1ccccc1. The number of hydrogen-bond donors (Lipinski definition) is 1. The van der Waals surface area contributed by atoms with Crippen LogP contribution < -0.4 is 0 Å². The van der Waals surface area contributed by atoms with Crippen molar-refractivity contribution in [3.8, 4) is 5.75 Å². The summed E-state index contributed by atoms with van der Waals surface area (Å²) in [7, 11) is 0. The van der Waals surface area contributed by atoms with E-state index in [0.717, 1.165) is 5.69 Å². The summed E-state index contributed by atoms with van der Waals surface area (Å²) in [6.07, 6.45) is 1.93. The Morgan fingerprint density at radius 1 is 1.18 bits per heavy atom. The van der Waals surface area contributed by atoms with Gasteiger partial charge in [-0.1, -0.05) is 42.5 Å². The molecule has 0 radical (unpaired) electrons. The van der Waals surface area contributed by atoms with Crippen molar-refractivity contribution in [3.63, 3.8) is 0 Å². The van der Waals surface area contributed by atoms with Gasteiger partial charge in [0.05, 0.1) is 16.2 Å². The summed E-state index contributed by atoms with van der Waals surface area (Å²) in [5.41, 5.74) is 2.01. The van der Waals surface area contributed by atoms with Gasteiger partial charge in [0.2, 0.25) is 0 Å². The van der Waals surface area contributed by atoms with Gasteiger partial charge >= 0.3 is 0 Å². The van der Waals surface area contributed by atoms with Crippen LogP contribution in [0.3, 0.4) is 0 Å². The maximum Gasteiger partial charge on any atom is 0.152 e. The molecule has 1 atom stereocenters. The van der Waals surface area contributed by atoms with E-state index >= 15 is 0 Å². The van der Waals surface area contributed by atoms with Gasteiger partial charge in [0.25, 0.3) is 0 Å². The predicted molar refractivity (Wildman–Crippen MR) is 71.9 cm³/mol. The highest BCUT2D eigenvalue weighted by Crippen LogP contribution is 2.24. The van der Waals surface area contributed by atoms with Crippen LogP contribution in [0.5, 0.6) is 5.75 Å². The van der Waals surface area contributed by atoms with Crippen LogP contribution in [0.1, 0.15) is 24.2 Å². The van der Waals surface area contributed by atoms with Crippen molar-refractivity contribution in [2.45, 2.75) is 19.9 Å². The minimum Gasteiger partial charge on any atom is -0.505 e. The number of aromatic hydroxyl groups is 1. The van der Waals surface area contributed by atoms with E-state index in [-0.39, 0.29) is 11.8 Å². The Balaban J connectivity index is 2.49. The molecule has 88 valence electrons. The fourth-order valence-electron chi connectivity index (χ4n) is 1.95. The monoisotopic (exact) mass is 245 g/mol. The van der Waals surface area contributed by atoms with E-state index in [2.05, 4.69) is 19.1 Å². The Labute approximate surface area is 106 Å². The summed E-state index contributed by atoms with van der Waals surface area (Å²) >= 11 is 5.04. The smallest absolute Gasteiger partial charge is 0.152 e. The standard InChI is InChI=1S/C14H15NOS/c1-10(12-6-4-3-5-7-12)15-9-8-13(17)14(16)11(15)2/h3-10,16H,1-2H3. The van der Waals surface area contributed by atoms with Crippen LogP contribution in [0.25, 0.3) is 0 Å². The Kier molecular flexibility index (Phi) is 3.29. The van der Waals surface area contributed by atoms with Crippen molar-refractivity contribution in [3.05, 3.63) is 58.4 Å². The molecule has 3 heteroatoms. The molecule has 1 aromatic heterocycles. The van der Waals surface area contributed by atoms with Crippen LogP contribution >= 0.6 is 12.2 Å². The molecular formula is C14H15NOS. The van der Waals surface area contributed by atoms with Crippen LogP contribution in [0.15, 0.2) is 42.6 Å². The molecule has 0 bridgehead atoms. The first kappa shape index (κ1) is 11.9. The molecular weight excluding hydrogens is 230 g/mol. The van der Waals surface area contributed by atoms with Crippen LogP contribution in [-0.2, 0) is 0 Å². The number of hydrogen-bond acceptors (Lipinski definition) is 2. The van der Waals surface area contributed by atoms with Crippen LogP contribution in [0.2, 0.25) is 0 Å². The number of pyridine rings is 1. The van der Waals surface area contributed by atoms with E-state index in [1.54, 1.807) is 6.07 Å². The van der Waals surface area contributed by atoms with Crippen LogP contribution in [0, 0.1) is 11.4 Å². The molecule has 1 N–H and O–H groups in total. The van der Waals surface area contributed by atoms with E-state index in [4.69, 9.17) is 12.2 Å². The fourth-order valence-corrected chi connectivity index (χ4v) is 2.16. The van der Waals surface area contributed by atoms with Gasteiger partial charge in [0.1, 0.15) is 0 Å². The van der Waals surface area contributed by atoms with E-state index in [0.29, 0.717) is 4.51 Å². The average Bonchev–Trinajstić information content (AvgIpc) is 2.36. The molecule has 2 rings (SSSR count). The number of benzene rings is 1. The predicted octanol–water partition coefficient (Wildman–Crippen LogP) is 3.84. The highest BCUT2D eigenvalue weighted by atomic mass is 32.1. The molecule has 0 saturated carbocycles. The third-order valence-corrected chi connectivity index (χ3v) is 3.38. The van der Waals surface area contributed by atoms with Crippen molar-refractivity contribution < 1.29 is 5.11 Å². The Hall–Kier alpha value is -1.61. The van der Waals surface area contributed by atoms with Crippen LogP contribution in [-0.4, -0.2) is 9.67 Å². The van der Waals surface area contributed by atoms with E-state index < -0.39 is 0 Å². The summed E-state index contributed by atoms with van der Waals surface area (Å²) in [5, 5.41) is 9.86. The molecule has 0 aliphatic rings. The van der Waals surface area contributed by atoms with Gasteiger partial charge in [-0.2, -0.15) is 0 Å². The molecule has 0 saturated heterocycles. The summed E-state index contributed by atoms with van der Waals surface area (Å²) < 4.78 is 2.53. The fraction of sp³-hybridized carbons (Fsp3) is 0.214. The maximum absolute atomic E-state index is 9.86. The molecule has 1 heterocycles. The topological polar surface area (TPSA) is 25.2 Å². The molecule has 0 spiro atoms.